The Bertz CT molecular complexity index is 785. The van der Waals surface area contributed by atoms with Gasteiger partial charge in [-0.3, -0.25) is 9.59 Å². The minimum atomic E-state index is -3.20. The molecular weight excluding hydrogens is 392 g/mol. The molecule has 0 bridgehead atoms. The van der Waals surface area contributed by atoms with Crippen LogP contribution in [0.5, 0.6) is 0 Å². The fraction of sp³-hybridized carbons (Fsp3) is 0.619. The van der Waals surface area contributed by atoms with E-state index in [4.69, 9.17) is 9.90 Å². The predicted octanol–water partition coefficient (Wildman–Crippen LogP) is 2.92. The van der Waals surface area contributed by atoms with E-state index < -0.39 is 9.84 Å². The van der Waals surface area contributed by atoms with Crippen molar-refractivity contribution in [1.29, 1.82) is 0 Å². The lowest BCUT2D eigenvalue weighted by molar-refractivity contribution is -0.124. The number of hydrogen-bond donors (Lipinski definition) is 3. The lowest BCUT2D eigenvalue weighted by Crippen LogP contribution is -2.58. The maximum absolute atomic E-state index is 12.5. The van der Waals surface area contributed by atoms with Crippen molar-refractivity contribution in [3.63, 3.8) is 0 Å². The van der Waals surface area contributed by atoms with Crippen LogP contribution in [0.1, 0.15) is 65.5 Å². The summed E-state index contributed by atoms with van der Waals surface area (Å²) in [4.78, 5) is 21.2. The zero-order chi connectivity index (χ0) is 22.5. The summed E-state index contributed by atoms with van der Waals surface area (Å²) in [5.41, 5.74) is 0.955. The zero-order valence-electron chi connectivity index (χ0n) is 18.2. The number of hydrogen-bond acceptors (Lipinski definition) is 5. The molecule has 164 valence electrons. The van der Waals surface area contributed by atoms with Gasteiger partial charge in [-0.25, -0.2) is 8.42 Å². The maximum atomic E-state index is 12.5. The lowest BCUT2D eigenvalue weighted by atomic mass is 9.74. The first-order valence-corrected chi connectivity index (χ1v) is 11.5. The summed E-state index contributed by atoms with van der Waals surface area (Å²) >= 11 is 0. The van der Waals surface area contributed by atoms with Crippen LogP contribution in [0.3, 0.4) is 0 Å². The average molecular weight is 427 g/mol. The van der Waals surface area contributed by atoms with Gasteiger partial charge in [0.1, 0.15) is 0 Å². The Morgan fingerprint density at radius 1 is 1.21 bits per heavy atom. The highest BCUT2D eigenvalue weighted by atomic mass is 32.2. The van der Waals surface area contributed by atoms with E-state index in [1.807, 2.05) is 6.92 Å². The molecule has 2 rings (SSSR count). The fourth-order valence-corrected chi connectivity index (χ4v) is 4.96. The number of amides is 1. The molecule has 8 heteroatoms. The maximum Gasteiger partial charge on any atom is 0.290 e. The molecular formula is C21H34N2O5S. The molecule has 0 spiro atoms. The Kier molecular flexibility index (Phi) is 8.41. The summed E-state index contributed by atoms with van der Waals surface area (Å²) < 4.78 is 23.1. The van der Waals surface area contributed by atoms with E-state index in [-0.39, 0.29) is 29.5 Å². The van der Waals surface area contributed by atoms with Crippen molar-refractivity contribution < 1.29 is 23.1 Å². The Morgan fingerprint density at radius 3 is 2.07 bits per heavy atom. The topological polar surface area (TPSA) is 113 Å². The molecule has 0 aromatic heterocycles. The van der Waals surface area contributed by atoms with Crippen LogP contribution >= 0.6 is 0 Å². The zero-order valence-corrected chi connectivity index (χ0v) is 19.0. The smallest absolute Gasteiger partial charge is 0.290 e. The number of nitrogens with one attached hydrogen (secondary N) is 2. The van der Waals surface area contributed by atoms with Crippen LogP contribution in [-0.2, 0) is 19.4 Å². The fourth-order valence-electron chi connectivity index (χ4n) is 4.33. The molecule has 29 heavy (non-hydrogen) atoms. The third-order valence-electron chi connectivity index (χ3n) is 4.93. The number of carbonyl (C=O) groups excluding carboxylic acids is 1. The Morgan fingerprint density at radius 2 is 1.66 bits per heavy atom. The van der Waals surface area contributed by atoms with E-state index in [1.165, 1.54) is 6.26 Å². The summed E-state index contributed by atoms with van der Waals surface area (Å²) in [5, 5.41) is 13.6. The van der Waals surface area contributed by atoms with Gasteiger partial charge < -0.3 is 15.7 Å². The van der Waals surface area contributed by atoms with Crippen molar-refractivity contribution in [2.24, 2.45) is 5.92 Å². The molecule has 1 saturated heterocycles. The van der Waals surface area contributed by atoms with Crippen molar-refractivity contribution in [3.05, 3.63) is 29.8 Å². The number of carboxylic acid groups (broad SMARTS) is 1. The summed E-state index contributed by atoms with van der Waals surface area (Å²) in [5.74, 6) is 0.393. The monoisotopic (exact) mass is 426 g/mol. The lowest BCUT2D eigenvalue weighted by Gasteiger charge is -2.46. The highest BCUT2D eigenvalue weighted by molar-refractivity contribution is 7.90. The summed E-state index contributed by atoms with van der Waals surface area (Å²) in [7, 11) is -3.20. The van der Waals surface area contributed by atoms with Gasteiger partial charge >= 0.3 is 0 Å². The van der Waals surface area contributed by atoms with Gasteiger partial charge in [-0.2, -0.15) is 0 Å². The number of piperidine rings is 1. The number of benzene rings is 1. The Balaban J connectivity index is 0.00000132. The first-order valence-electron chi connectivity index (χ1n) is 9.66. The van der Waals surface area contributed by atoms with E-state index in [0.29, 0.717) is 17.2 Å². The molecule has 1 unspecified atom stereocenters. The van der Waals surface area contributed by atoms with Gasteiger partial charge in [0.15, 0.2) is 9.84 Å². The molecule has 1 aliphatic heterocycles. The summed E-state index contributed by atoms with van der Waals surface area (Å²) in [6.45, 7) is 10.4. The first-order chi connectivity index (χ1) is 13.2. The normalized spacial score (nSPS) is 19.4. The van der Waals surface area contributed by atoms with E-state index in [1.54, 1.807) is 24.3 Å². The van der Waals surface area contributed by atoms with Crippen molar-refractivity contribution in [3.8, 4) is 0 Å². The Labute approximate surface area is 174 Å². The molecule has 3 N–H and O–H groups in total. The third kappa shape index (κ3) is 8.53. The van der Waals surface area contributed by atoms with Crippen LogP contribution in [0.4, 0.5) is 0 Å². The summed E-state index contributed by atoms with van der Waals surface area (Å²) in [6, 6.07) is 6.55. The molecule has 1 fully saturated rings. The van der Waals surface area contributed by atoms with Gasteiger partial charge in [-0.1, -0.05) is 12.1 Å². The van der Waals surface area contributed by atoms with E-state index >= 15 is 0 Å². The molecule has 1 heterocycles. The van der Waals surface area contributed by atoms with Gasteiger partial charge in [-0.15, -0.1) is 0 Å². The van der Waals surface area contributed by atoms with Crippen molar-refractivity contribution in [2.45, 2.75) is 75.9 Å². The second-order valence-corrected chi connectivity index (χ2v) is 11.1. The van der Waals surface area contributed by atoms with Crippen LogP contribution in [0, 0.1) is 5.92 Å². The van der Waals surface area contributed by atoms with Crippen LogP contribution in [0.15, 0.2) is 29.2 Å². The van der Waals surface area contributed by atoms with Gasteiger partial charge in [0.05, 0.1) is 10.9 Å². The van der Waals surface area contributed by atoms with Crippen LogP contribution in [-0.4, -0.2) is 43.2 Å². The largest absolute Gasteiger partial charge is 0.483 e. The molecule has 1 amide bonds. The first kappa shape index (κ1) is 25.1. The molecule has 0 radical (unpaired) electrons. The molecule has 1 atom stereocenters. The van der Waals surface area contributed by atoms with Crippen molar-refractivity contribution in [2.75, 3.05) is 6.26 Å². The van der Waals surface area contributed by atoms with E-state index in [9.17, 15) is 13.2 Å². The minimum absolute atomic E-state index is 0.0276. The van der Waals surface area contributed by atoms with Crippen molar-refractivity contribution >= 4 is 22.2 Å². The molecule has 1 aromatic carbocycles. The predicted molar refractivity (Wildman–Crippen MR) is 113 cm³/mol. The van der Waals surface area contributed by atoms with Crippen LogP contribution in [0.25, 0.3) is 0 Å². The molecule has 1 aliphatic rings. The van der Waals surface area contributed by atoms with Crippen LogP contribution in [0.2, 0.25) is 0 Å². The molecule has 1 aromatic rings. The summed E-state index contributed by atoms with van der Waals surface area (Å²) in [6.07, 6.45) is 3.65. The average Bonchev–Trinajstić information content (AvgIpc) is 2.51. The quantitative estimate of drug-likeness (QED) is 0.624. The van der Waals surface area contributed by atoms with Gasteiger partial charge in [0, 0.05) is 23.8 Å². The highest BCUT2D eigenvalue weighted by Crippen LogP contribution is 2.34. The van der Waals surface area contributed by atoms with Gasteiger partial charge in [0.25, 0.3) is 6.47 Å². The number of rotatable bonds is 5. The van der Waals surface area contributed by atoms with E-state index in [0.717, 1.165) is 18.4 Å². The third-order valence-corrected chi connectivity index (χ3v) is 6.06. The number of carbonyl (C=O) groups is 2. The van der Waals surface area contributed by atoms with Crippen molar-refractivity contribution in [1.82, 2.24) is 10.6 Å². The van der Waals surface area contributed by atoms with Crippen LogP contribution < -0.4 is 10.6 Å². The minimum Gasteiger partial charge on any atom is -0.483 e. The standard InChI is InChI=1S/C20H32N2O3S.CH2O2/c1-14(16-7-9-17(10-8-16)26(6,24)25)21-18(23)11-15-12-19(2,3)22-20(4,5)13-15;2-1-3/h7-10,14-15,22H,11-13H2,1-6H3,(H,21,23);1H,(H,2,3). The highest BCUT2D eigenvalue weighted by Gasteiger charge is 2.38. The molecule has 0 saturated carbocycles. The van der Waals surface area contributed by atoms with Gasteiger partial charge in [-0.05, 0) is 71.1 Å². The molecule has 7 nitrogen and oxygen atoms in total. The second-order valence-electron chi connectivity index (χ2n) is 9.11. The number of sulfone groups is 1. The SMILES string of the molecule is CC(NC(=O)CC1CC(C)(C)NC(C)(C)C1)c1ccc(S(C)(=O)=O)cc1.O=CO. The van der Waals surface area contributed by atoms with Gasteiger partial charge in [0.2, 0.25) is 5.91 Å². The Hall–Kier alpha value is -1.93. The second kappa shape index (κ2) is 9.71. The molecule has 0 aliphatic carbocycles. The van der Waals surface area contributed by atoms with E-state index in [2.05, 4.69) is 38.3 Å².